The largest absolute Gasteiger partial charge is 0.478 e. The van der Waals surface area contributed by atoms with Crippen molar-refractivity contribution in [2.45, 2.75) is 19.8 Å². The van der Waals surface area contributed by atoms with Crippen LogP contribution in [0.4, 0.5) is 5.69 Å². The smallest absolute Gasteiger partial charge is 0.335 e. The maximum atomic E-state index is 11.0. The number of aryl methyl sites for hydroxylation is 1. The number of anilines is 1. The van der Waals surface area contributed by atoms with Crippen LogP contribution >= 0.6 is 0 Å². The van der Waals surface area contributed by atoms with E-state index in [1.807, 2.05) is 13.0 Å². The normalized spacial score (nSPS) is 17.1. The minimum absolute atomic E-state index is 0.360. The van der Waals surface area contributed by atoms with Crippen LogP contribution in [0.25, 0.3) is 0 Å². The van der Waals surface area contributed by atoms with Crippen molar-refractivity contribution in [3.8, 4) is 0 Å². The molecule has 0 atom stereocenters. The van der Waals surface area contributed by atoms with Gasteiger partial charge in [0.1, 0.15) is 0 Å². The number of carboxylic acids is 1. The number of aromatic carboxylic acids is 1. The first-order valence-electron chi connectivity index (χ1n) is 7.21. The Morgan fingerprint density at radius 2 is 2.05 bits per heavy atom. The first kappa shape index (κ1) is 14.9. The van der Waals surface area contributed by atoms with E-state index in [0.717, 1.165) is 23.7 Å². The van der Waals surface area contributed by atoms with Crippen LogP contribution in [0.1, 0.15) is 28.8 Å². The second-order valence-electron chi connectivity index (χ2n) is 5.93. The van der Waals surface area contributed by atoms with Crippen molar-refractivity contribution in [3.63, 3.8) is 0 Å². The average molecular weight is 276 g/mol. The monoisotopic (exact) mass is 276 g/mol. The lowest BCUT2D eigenvalue weighted by Crippen LogP contribution is -2.35. The summed E-state index contributed by atoms with van der Waals surface area (Å²) in [5.74, 6) is -0.132. The molecule has 1 N–H and O–H groups in total. The SMILES string of the molecule is Cc1cc(C(=O)O)ccc1N(C)CC1CCN(C)CC1. The second kappa shape index (κ2) is 6.27. The Bertz CT molecular complexity index is 479. The fraction of sp³-hybridized carbons (Fsp3) is 0.562. The molecule has 0 aliphatic carbocycles. The van der Waals surface area contributed by atoms with Crippen LogP contribution in [0.3, 0.4) is 0 Å². The molecule has 1 saturated heterocycles. The van der Waals surface area contributed by atoms with Gasteiger partial charge in [0.2, 0.25) is 0 Å². The first-order valence-corrected chi connectivity index (χ1v) is 7.21. The van der Waals surface area contributed by atoms with Crippen LogP contribution in [0, 0.1) is 12.8 Å². The van der Waals surface area contributed by atoms with E-state index in [1.54, 1.807) is 12.1 Å². The van der Waals surface area contributed by atoms with Crippen LogP contribution < -0.4 is 4.90 Å². The Morgan fingerprint density at radius 3 is 2.60 bits per heavy atom. The third-order valence-corrected chi connectivity index (χ3v) is 4.23. The van der Waals surface area contributed by atoms with Gasteiger partial charge < -0.3 is 14.9 Å². The highest BCUT2D eigenvalue weighted by atomic mass is 16.4. The van der Waals surface area contributed by atoms with Gasteiger partial charge in [-0.05, 0) is 69.6 Å². The molecule has 1 aromatic carbocycles. The van der Waals surface area contributed by atoms with E-state index in [-0.39, 0.29) is 0 Å². The maximum absolute atomic E-state index is 11.0. The van der Waals surface area contributed by atoms with Gasteiger partial charge >= 0.3 is 5.97 Å². The van der Waals surface area contributed by atoms with Gasteiger partial charge in [-0.3, -0.25) is 0 Å². The van der Waals surface area contributed by atoms with Crippen LogP contribution in [-0.2, 0) is 0 Å². The molecule has 1 fully saturated rings. The van der Waals surface area contributed by atoms with E-state index in [1.165, 1.54) is 25.9 Å². The molecular formula is C16H24N2O2. The Labute approximate surface area is 121 Å². The molecule has 0 radical (unpaired) electrons. The molecule has 4 heteroatoms. The van der Waals surface area contributed by atoms with Gasteiger partial charge in [0.15, 0.2) is 0 Å². The predicted molar refractivity (Wildman–Crippen MR) is 81.6 cm³/mol. The van der Waals surface area contributed by atoms with Crippen LogP contribution in [0.15, 0.2) is 18.2 Å². The molecule has 1 aromatic rings. The molecule has 0 aromatic heterocycles. The summed E-state index contributed by atoms with van der Waals surface area (Å²) in [5, 5.41) is 9.01. The molecule has 20 heavy (non-hydrogen) atoms. The molecule has 0 saturated carbocycles. The van der Waals surface area contributed by atoms with Crippen molar-refractivity contribution >= 4 is 11.7 Å². The summed E-state index contributed by atoms with van der Waals surface area (Å²) in [5.41, 5.74) is 2.52. The van der Waals surface area contributed by atoms with E-state index in [4.69, 9.17) is 5.11 Å². The number of benzene rings is 1. The fourth-order valence-electron chi connectivity index (χ4n) is 2.95. The predicted octanol–water partition coefficient (Wildman–Crippen LogP) is 2.47. The van der Waals surface area contributed by atoms with Crippen molar-refractivity contribution in [2.75, 3.05) is 38.6 Å². The molecule has 110 valence electrons. The van der Waals surface area contributed by atoms with E-state index < -0.39 is 5.97 Å². The van der Waals surface area contributed by atoms with Gasteiger partial charge in [0.25, 0.3) is 0 Å². The summed E-state index contributed by atoms with van der Waals surface area (Å²) in [4.78, 5) is 15.6. The number of hydrogen-bond donors (Lipinski definition) is 1. The molecule has 0 amide bonds. The summed E-state index contributed by atoms with van der Waals surface area (Å²) in [6.45, 7) is 5.37. The molecule has 0 spiro atoms. The lowest BCUT2D eigenvalue weighted by atomic mass is 9.96. The van der Waals surface area contributed by atoms with Crippen molar-refractivity contribution in [1.82, 2.24) is 4.90 Å². The summed E-state index contributed by atoms with van der Waals surface area (Å²) < 4.78 is 0. The molecule has 4 nitrogen and oxygen atoms in total. The Kier molecular flexibility index (Phi) is 4.65. The maximum Gasteiger partial charge on any atom is 0.335 e. The minimum atomic E-state index is -0.863. The fourth-order valence-corrected chi connectivity index (χ4v) is 2.95. The van der Waals surface area contributed by atoms with Crippen molar-refractivity contribution in [1.29, 1.82) is 0 Å². The summed E-state index contributed by atoms with van der Waals surface area (Å²) in [6.07, 6.45) is 2.49. The minimum Gasteiger partial charge on any atom is -0.478 e. The highest BCUT2D eigenvalue weighted by Crippen LogP contribution is 2.24. The van der Waals surface area contributed by atoms with E-state index in [9.17, 15) is 4.79 Å². The summed E-state index contributed by atoms with van der Waals surface area (Å²) in [6, 6.07) is 5.37. The third kappa shape index (κ3) is 3.51. The zero-order chi connectivity index (χ0) is 14.7. The van der Waals surface area contributed by atoms with Gasteiger partial charge in [-0.15, -0.1) is 0 Å². The van der Waals surface area contributed by atoms with Crippen LogP contribution in [-0.4, -0.2) is 49.7 Å². The van der Waals surface area contributed by atoms with Gasteiger partial charge in [-0.2, -0.15) is 0 Å². The van der Waals surface area contributed by atoms with Crippen molar-refractivity contribution < 1.29 is 9.90 Å². The average Bonchev–Trinajstić information content (AvgIpc) is 2.41. The lowest BCUT2D eigenvalue weighted by molar-refractivity contribution is 0.0697. The van der Waals surface area contributed by atoms with E-state index in [2.05, 4.69) is 23.9 Å². The molecule has 2 rings (SSSR count). The summed E-state index contributed by atoms with van der Waals surface area (Å²) >= 11 is 0. The number of hydrogen-bond acceptors (Lipinski definition) is 3. The summed E-state index contributed by atoms with van der Waals surface area (Å²) in [7, 11) is 4.27. The highest BCUT2D eigenvalue weighted by molar-refractivity contribution is 5.88. The highest BCUT2D eigenvalue weighted by Gasteiger charge is 2.19. The van der Waals surface area contributed by atoms with Gasteiger partial charge in [-0.1, -0.05) is 0 Å². The quantitative estimate of drug-likeness (QED) is 0.917. The Balaban J connectivity index is 2.02. The van der Waals surface area contributed by atoms with Crippen molar-refractivity contribution in [2.24, 2.45) is 5.92 Å². The van der Waals surface area contributed by atoms with Gasteiger partial charge in [0, 0.05) is 19.3 Å². The standard InChI is InChI=1S/C16H24N2O2/c1-12-10-14(16(19)20)4-5-15(12)18(3)11-13-6-8-17(2)9-7-13/h4-5,10,13H,6-9,11H2,1-3H3,(H,19,20). The molecular weight excluding hydrogens is 252 g/mol. The lowest BCUT2D eigenvalue weighted by Gasteiger charge is -2.33. The number of carboxylic acid groups (broad SMARTS) is 1. The molecule has 0 unspecified atom stereocenters. The third-order valence-electron chi connectivity index (χ3n) is 4.23. The van der Waals surface area contributed by atoms with Gasteiger partial charge in [-0.25, -0.2) is 4.79 Å². The number of nitrogens with zero attached hydrogens (tertiary/aromatic N) is 2. The zero-order valence-electron chi connectivity index (χ0n) is 12.6. The Morgan fingerprint density at radius 1 is 1.40 bits per heavy atom. The van der Waals surface area contributed by atoms with Gasteiger partial charge in [0.05, 0.1) is 5.56 Å². The molecule has 1 aliphatic heterocycles. The molecule has 1 aliphatic rings. The van der Waals surface area contributed by atoms with E-state index in [0.29, 0.717) is 5.56 Å². The topological polar surface area (TPSA) is 43.8 Å². The molecule has 1 heterocycles. The Hall–Kier alpha value is -1.55. The number of piperidine rings is 1. The van der Waals surface area contributed by atoms with Crippen LogP contribution in [0.2, 0.25) is 0 Å². The first-order chi connectivity index (χ1) is 9.47. The number of likely N-dealkylation sites (tertiary alicyclic amines) is 1. The van der Waals surface area contributed by atoms with Crippen LogP contribution in [0.5, 0.6) is 0 Å². The number of rotatable bonds is 4. The van der Waals surface area contributed by atoms with E-state index >= 15 is 0 Å². The van der Waals surface area contributed by atoms with Crippen molar-refractivity contribution in [3.05, 3.63) is 29.3 Å². The number of carbonyl (C=O) groups is 1. The molecule has 0 bridgehead atoms. The second-order valence-corrected chi connectivity index (χ2v) is 5.93. The zero-order valence-corrected chi connectivity index (χ0v) is 12.6.